The monoisotopic (exact) mass is 327 g/mol. The Labute approximate surface area is 150 Å². The summed E-state index contributed by atoms with van der Waals surface area (Å²) in [6, 6.07) is 4.31. The molecule has 0 radical (unpaired) electrons. The van der Waals surface area contributed by atoms with Crippen molar-refractivity contribution in [3.8, 4) is 0 Å². The van der Waals surface area contributed by atoms with Crippen LogP contribution < -0.4 is 0 Å². The summed E-state index contributed by atoms with van der Waals surface area (Å²) in [5.74, 6) is 3.21. The number of allylic oxidation sites excluding steroid dienone is 2. The van der Waals surface area contributed by atoms with Gasteiger partial charge in [-0.25, -0.2) is 0 Å². The number of hydrogen-bond donors (Lipinski definition) is 0. The highest BCUT2D eigenvalue weighted by Gasteiger charge is 2.45. The lowest BCUT2D eigenvalue weighted by Gasteiger charge is -2.42. The van der Waals surface area contributed by atoms with Gasteiger partial charge in [-0.2, -0.15) is 0 Å². The zero-order chi connectivity index (χ0) is 17.7. The smallest absolute Gasteiger partial charge is 0.0343 e. The van der Waals surface area contributed by atoms with Crippen molar-refractivity contribution in [2.75, 3.05) is 0 Å². The standard InChI is InChI=1S/C23H37N/c1-7-18(5)20(12-11-17(3)4)22-14-13-21(23(22,6)8-2)19-10-9-15-24-16-19/h9-10,13,15-18,20,22H,7-8,11-12,14H2,1-6H3/t18?,20?,22-,23+/m0/s1. The molecule has 1 aromatic rings. The SMILES string of the molecule is CCC(C)C(CCC(C)C)[C@@H]1CC=C(c2cccnc2)[C@@]1(C)CC. The molecule has 1 heteroatoms. The Bertz CT molecular complexity index is 530. The van der Waals surface area contributed by atoms with E-state index in [1.54, 1.807) is 5.57 Å². The molecular formula is C23H37N. The van der Waals surface area contributed by atoms with Crippen LogP contribution in [0.5, 0.6) is 0 Å². The van der Waals surface area contributed by atoms with Crippen molar-refractivity contribution in [1.82, 2.24) is 4.98 Å². The molecule has 24 heavy (non-hydrogen) atoms. The highest BCUT2D eigenvalue weighted by molar-refractivity contribution is 5.72. The molecule has 0 N–H and O–H groups in total. The van der Waals surface area contributed by atoms with Crippen LogP contribution in [0, 0.1) is 29.1 Å². The summed E-state index contributed by atoms with van der Waals surface area (Å²) in [5, 5.41) is 0. The predicted molar refractivity (Wildman–Crippen MR) is 106 cm³/mol. The molecule has 0 fully saturated rings. The molecule has 1 nitrogen and oxygen atoms in total. The zero-order valence-corrected chi connectivity index (χ0v) is 16.7. The highest BCUT2D eigenvalue weighted by Crippen LogP contribution is 2.55. The van der Waals surface area contributed by atoms with E-state index >= 15 is 0 Å². The summed E-state index contributed by atoms with van der Waals surface area (Å²) in [5.41, 5.74) is 3.16. The summed E-state index contributed by atoms with van der Waals surface area (Å²) in [6.07, 6.45) is 12.9. The quantitative estimate of drug-likeness (QED) is 0.501. The predicted octanol–water partition coefficient (Wildman–Crippen LogP) is 7.00. The van der Waals surface area contributed by atoms with Gasteiger partial charge in [0.25, 0.3) is 0 Å². The van der Waals surface area contributed by atoms with Crippen LogP contribution in [0.25, 0.3) is 5.57 Å². The Morgan fingerprint density at radius 2 is 1.96 bits per heavy atom. The van der Waals surface area contributed by atoms with Gasteiger partial charge in [0.1, 0.15) is 0 Å². The average Bonchev–Trinajstić information content (AvgIpc) is 2.93. The van der Waals surface area contributed by atoms with Gasteiger partial charge in [0, 0.05) is 12.4 Å². The van der Waals surface area contributed by atoms with Gasteiger partial charge in [-0.1, -0.05) is 66.5 Å². The van der Waals surface area contributed by atoms with Crippen molar-refractivity contribution >= 4 is 5.57 Å². The van der Waals surface area contributed by atoms with E-state index in [4.69, 9.17) is 0 Å². The van der Waals surface area contributed by atoms with Crippen LogP contribution in [0.2, 0.25) is 0 Å². The van der Waals surface area contributed by atoms with Gasteiger partial charge < -0.3 is 0 Å². The van der Waals surface area contributed by atoms with Crippen LogP contribution in [0.4, 0.5) is 0 Å². The van der Waals surface area contributed by atoms with Crippen LogP contribution >= 0.6 is 0 Å². The molecule has 2 rings (SSSR count). The highest BCUT2D eigenvalue weighted by atomic mass is 14.6. The Hall–Kier alpha value is -1.11. The van der Waals surface area contributed by atoms with Gasteiger partial charge in [-0.05, 0) is 65.6 Å². The first-order valence-electron chi connectivity index (χ1n) is 10.0. The molecule has 1 aromatic heterocycles. The molecule has 0 bridgehead atoms. The normalized spacial score (nSPS) is 26.5. The van der Waals surface area contributed by atoms with Crippen molar-refractivity contribution in [1.29, 1.82) is 0 Å². The molecule has 1 heterocycles. The lowest BCUT2D eigenvalue weighted by molar-refractivity contribution is 0.124. The minimum atomic E-state index is 0.286. The van der Waals surface area contributed by atoms with Crippen molar-refractivity contribution in [2.45, 2.75) is 73.6 Å². The van der Waals surface area contributed by atoms with E-state index < -0.39 is 0 Å². The van der Waals surface area contributed by atoms with Gasteiger partial charge in [-0.15, -0.1) is 0 Å². The lowest BCUT2D eigenvalue weighted by atomic mass is 9.63. The third-order valence-electron chi connectivity index (χ3n) is 6.69. The number of pyridine rings is 1. The zero-order valence-electron chi connectivity index (χ0n) is 16.7. The molecule has 0 saturated carbocycles. The van der Waals surface area contributed by atoms with Gasteiger partial charge in [0.2, 0.25) is 0 Å². The van der Waals surface area contributed by atoms with E-state index in [9.17, 15) is 0 Å². The van der Waals surface area contributed by atoms with Crippen molar-refractivity contribution in [3.63, 3.8) is 0 Å². The fourth-order valence-corrected chi connectivity index (χ4v) is 4.72. The van der Waals surface area contributed by atoms with E-state index in [1.165, 1.54) is 37.7 Å². The first-order chi connectivity index (χ1) is 11.4. The summed E-state index contributed by atoms with van der Waals surface area (Å²) in [7, 11) is 0. The molecule has 0 aromatic carbocycles. The van der Waals surface area contributed by atoms with Crippen molar-refractivity contribution in [3.05, 3.63) is 36.2 Å². The fourth-order valence-electron chi connectivity index (χ4n) is 4.72. The lowest BCUT2D eigenvalue weighted by Crippen LogP contribution is -2.33. The Kier molecular flexibility index (Phi) is 6.66. The number of hydrogen-bond acceptors (Lipinski definition) is 1. The summed E-state index contributed by atoms with van der Waals surface area (Å²) in [6.45, 7) is 14.4. The van der Waals surface area contributed by atoms with Crippen LogP contribution in [-0.2, 0) is 0 Å². The Balaban J connectivity index is 2.28. The Morgan fingerprint density at radius 3 is 2.50 bits per heavy atom. The maximum atomic E-state index is 4.37. The molecule has 2 unspecified atom stereocenters. The molecule has 134 valence electrons. The first kappa shape index (κ1) is 19.2. The molecule has 0 amide bonds. The van der Waals surface area contributed by atoms with Crippen LogP contribution in [0.15, 0.2) is 30.6 Å². The van der Waals surface area contributed by atoms with Gasteiger partial charge in [-0.3, -0.25) is 4.98 Å². The maximum Gasteiger partial charge on any atom is 0.0343 e. The average molecular weight is 328 g/mol. The fraction of sp³-hybridized carbons (Fsp3) is 0.696. The third kappa shape index (κ3) is 3.92. The number of nitrogens with zero attached hydrogens (tertiary/aromatic N) is 1. The van der Waals surface area contributed by atoms with Crippen LogP contribution in [-0.4, -0.2) is 4.98 Å². The molecule has 0 aliphatic heterocycles. The number of rotatable bonds is 8. The molecule has 1 aliphatic carbocycles. The Morgan fingerprint density at radius 1 is 1.21 bits per heavy atom. The number of aromatic nitrogens is 1. The third-order valence-corrected chi connectivity index (χ3v) is 6.69. The van der Waals surface area contributed by atoms with E-state index in [0.717, 1.165) is 23.7 Å². The molecule has 0 spiro atoms. The molecule has 4 atom stereocenters. The maximum absolute atomic E-state index is 4.37. The van der Waals surface area contributed by atoms with Gasteiger partial charge >= 0.3 is 0 Å². The second-order valence-corrected chi connectivity index (χ2v) is 8.49. The van der Waals surface area contributed by atoms with E-state index in [0.29, 0.717) is 0 Å². The molecule has 1 aliphatic rings. The molecular weight excluding hydrogens is 290 g/mol. The minimum Gasteiger partial charge on any atom is -0.264 e. The first-order valence-corrected chi connectivity index (χ1v) is 10.0. The summed E-state index contributed by atoms with van der Waals surface area (Å²) < 4.78 is 0. The van der Waals surface area contributed by atoms with E-state index in [-0.39, 0.29) is 5.41 Å². The summed E-state index contributed by atoms with van der Waals surface area (Å²) >= 11 is 0. The largest absolute Gasteiger partial charge is 0.264 e. The van der Waals surface area contributed by atoms with Gasteiger partial charge in [0.15, 0.2) is 0 Å². The molecule has 0 saturated heterocycles. The van der Waals surface area contributed by atoms with E-state index in [1.807, 2.05) is 6.20 Å². The van der Waals surface area contributed by atoms with Crippen molar-refractivity contribution in [2.24, 2.45) is 29.1 Å². The van der Waals surface area contributed by atoms with Crippen LogP contribution in [0.3, 0.4) is 0 Å². The van der Waals surface area contributed by atoms with Crippen LogP contribution in [0.1, 0.15) is 79.2 Å². The second-order valence-electron chi connectivity index (χ2n) is 8.49. The second kappa shape index (κ2) is 8.32. The van der Waals surface area contributed by atoms with E-state index in [2.05, 4.69) is 70.9 Å². The summed E-state index contributed by atoms with van der Waals surface area (Å²) in [4.78, 5) is 4.37. The topological polar surface area (TPSA) is 12.9 Å². The van der Waals surface area contributed by atoms with Gasteiger partial charge in [0.05, 0.1) is 0 Å². The minimum absolute atomic E-state index is 0.286. The van der Waals surface area contributed by atoms with Crippen molar-refractivity contribution < 1.29 is 0 Å².